The summed E-state index contributed by atoms with van der Waals surface area (Å²) in [5.41, 5.74) is 8.00. The first kappa shape index (κ1) is 8.33. The molecule has 0 bridgehead atoms. The highest BCUT2D eigenvalue weighted by atomic mass is 32.1. The van der Waals surface area contributed by atoms with Gasteiger partial charge in [0.15, 0.2) is 5.82 Å². The number of aromatic nitrogens is 3. The molecule has 2 N–H and O–H groups in total. The Labute approximate surface area is 78.6 Å². The van der Waals surface area contributed by atoms with Gasteiger partial charge in [0.05, 0.1) is 17.7 Å². The molecule has 2 aromatic heterocycles. The zero-order chi connectivity index (χ0) is 9.26. The summed E-state index contributed by atoms with van der Waals surface area (Å²) in [5, 5.41) is 3.70. The lowest BCUT2D eigenvalue weighted by Gasteiger charge is -1.86. The third kappa shape index (κ3) is 1.45. The van der Waals surface area contributed by atoms with Crippen LogP contribution in [0.15, 0.2) is 10.0 Å². The Morgan fingerprint density at radius 2 is 2.46 bits per heavy atom. The van der Waals surface area contributed by atoms with Crippen molar-refractivity contribution in [3.8, 4) is 10.8 Å². The van der Waals surface area contributed by atoms with Gasteiger partial charge < -0.3 is 10.3 Å². The van der Waals surface area contributed by atoms with Crippen LogP contribution < -0.4 is 5.73 Å². The van der Waals surface area contributed by atoms with E-state index in [4.69, 9.17) is 10.3 Å². The van der Waals surface area contributed by atoms with E-state index >= 15 is 0 Å². The normalized spacial score (nSPS) is 10.6. The summed E-state index contributed by atoms with van der Waals surface area (Å²) in [6, 6.07) is 0. The lowest BCUT2D eigenvalue weighted by molar-refractivity contribution is 0.423. The van der Waals surface area contributed by atoms with E-state index in [0.717, 1.165) is 10.6 Å². The molecule has 68 valence electrons. The molecule has 0 aliphatic heterocycles. The lowest BCUT2D eigenvalue weighted by atomic mass is 10.4. The van der Waals surface area contributed by atoms with Gasteiger partial charge in [-0.1, -0.05) is 5.16 Å². The first-order valence-electron chi connectivity index (χ1n) is 3.74. The molecule has 2 rings (SSSR count). The van der Waals surface area contributed by atoms with Crippen molar-refractivity contribution < 1.29 is 4.52 Å². The van der Waals surface area contributed by atoms with Crippen LogP contribution in [0.3, 0.4) is 0 Å². The summed E-state index contributed by atoms with van der Waals surface area (Å²) >= 11 is 1.48. The summed E-state index contributed by atoms with van der Waals surface area (Å²) in [7, 11) is 0. The van der Waals surface area contributed by atoms with Crippen LogP contribution in [0.1, 0.15) is 11.5 Å². The SMILES string of the molecule is Cc1ncsc1-c1nc(CN)no1. The number of nitrogens with zero attached hydrogens (tertiary/aromatic N) is 3. The van der Waals surface area contributed by atoms with Gasteiger partial charge in [-0.3, -0.25) is 0 Å². The molecule has 0 saturated heterocycles. The topological polar surface area (TPSA) is 77.8 Å². The van der Waals surface area contributed by atoms with Gasteiger partial charge in [-0.15, -0.1) is 11.3 Å². The van der Waals surface area contributed by atoms with Crippen LogP contribution in [0.4, 0.5) is 0 Å². The first-order valence-corrected chi connectivity index (χ1v) is 4.62. The second-order valence-corrected chi connectivity index (χ2v) is 3.34. The minimum absolute atomic E-state index is 0.293. The van der Waals surface area contributed by atoms with E-state index < -0.39 is 0 Å². The van der Waals surface area contributed by atoms with Crippen LogP contribution in [0.5, 0.6) is 0 Å². The van der Waals surface area contributed by atoms with Gasteiger partial charge in [-0.2, -0.15) is 4.98 Å². The van der Waals surface area contributed by atoms with E-state index in [1.807, 2.05) is 6.92 Å². The minimum Gasteiger partial charge on any atom is -0.333 e. The molecule has 0 fully saturated rings. The highest BCUT2D eigenvalue weighted by molar-refractivity contribution is 7.13. The standard InChI is InChI=1S/C7H8N4OS/c1-4-6(13-3-9-4)7-10-5(2-8)11-12-7/h3H,2,8H2,1H3. The summed E-state index contributed by atoms with van der Waals surface area (Å²) in [4.78, 5) is 9.10. The summed E-state index contributed by atoms with van der Waals surface area (Å²) in [6.45, 7) is 2.19. The smallest absolute Gasteiger partial charge is 0.269 e. The van der Waals surface area contributed by atoms with Crippen molar-refractivity contribution in [3.63, 3.8) is 0 Å². The van der Waals surface area contributed by atoms with E-state index in [0.29, 0.717) is 18.3 Å². The van der Waals surface area contributed by atoms with Crippen molar-refractivity contribution >= 4 is 11.3 Å². The van der Waals surface area contributed by atoms with Crippen LogP contribution in [0.2, 0.25) is 0 Å². The van der Waals surface area contributed by atoms with Gasteiger partial charge in [-0.25, -0.2) is 4.98 Å². The Morgan fingerprint density at radius 3 is 3.00 bits per heavy atom. The Hall–Kier alpha value is -1.27. The number of thiazole rings is 1. The Kier molecular flexibility index (Phi) is 2.07. The van der Waals surface area contributed by atoms with E-state index in [2.05, 4.69) is 15.1 Å². The largest absolute Gasteiger partial charge is 0.333 e. The van der Waals surface area contributed by atoms with Crippen LogP contribution in [0, 0.1) is 6.92 Å². The molecule has 0 unspecified atom stereocenters. The fourth-order valence-corrected chi connectivity index (χ4v) is 1.66. The quantitative estimate of drug-likeness (QED) is 0.774. The fourth-order valence-electron chi connectivity index (χ4n) is 0.936. The molecule has 5 nitrogen and oxygen atoms in total. The zero-order valence-corrected chi connectivity index (χ0v) is 7.84. The van der Waals surface area contributed by atoms with Gasteiger partial charge in [0.2, 0.25) is 0 Å². The van der Waals surface area contributed by atoms with Crippen molar-refractivity contribution in [2.24, 2.45) is 5.73 Å². The first-order chi connectivity index (χ1) is 6.31. The predicted octanol–water partition coefficient (Wildman–Crippen LogP) is 0.960. The second kappa shape index (κ2) is 3.23. The van der Waals surface area contributed by atoms with Crippen LogP contribution in [-0.2, 0) is 6.54 Å². The van der Waals surface area contributed by atoms with Gasteiger partial charge in [0.25, 0.3) is 5.89 Å². The predicted molar refractivity (Wildman–Crippen MR) is 48.0 cm³/mol. The maximum absolute atomic E-state index is 5.36. The molecule has 6 heteroatoms. The van der Waals surface area contributed by atoms with Gasteiger partial charge in [0.1, 0.15) is 4.88 Å². The molecule has 0 aromatic carbocycles. The molecule has 13 heavy (non-hydrogen) atoms. The second-order valence-electron chi connectivity index (χ2n) is 2.49. The van der Waals surface area contributed by atoms with Crippen molar-refractivity contribution in [1.82, 2.24) is 15.1 Å². The summed E-state index contributed by atoms with van der Waals surface area (Å²) in [5.74, 6) is 1.02. The number of aryl methyl sites for hydroxylation is 1. The van der Waals surface area contributed by atoms with Crippen LogP contribution in [0.25, 0.3) is 10.8 Å². The number of hydrogen-bond acceptors (Lipinski definition) is 6. The number of rotatable bonds is 2. The van der Waals surface area contributed by atoms with Gasteiger partial charge in [-0.05, 0) is 6.92 Å². The molecule has 0 atom stereocenters. The number of nitrogens with two attached hydrogens (primary N) is 1. The van der Waals surface area contributed by atoms with Gasteiger partial charge in [0, 0.05) is 0 Å². The average molecular weight is 196 g/mol. The van der Waals surface area contributed by atoms with E-state index in [1.54, 1.807) is 5.51 Å². The summed E-state index contributed by atoms with van der Waals surface area (Å²) in [6.07, 6.45) is 0. The Morgan fingerprint density at radius 1 is 1.62 bits per heavy atom. The van der Waals surface area contributed by atoms with Gasteiger partial charge >= 0.3 is 0 Å². The third-order valence-electron chi connectivity index (χ3n) is 1.59. The molecule has 2 heterocycles. The molecule has 0 saturated carbocycles. The molecule has 0 radical (unpaired) electrons. The lowest BCUT2D eigenvalue weighted by Crippen LogP contribution is -1.97. The zero-order valence-electron chi connectivity index (χ0n) is 7.02. The molecule has 2 aromatic rings. The van der Waals surface area contributed by atoms with Crippen molar-refractivity contribution in [2.45, 2.75) is 13.5 Å². The Bertz CT molecular complexity index is 408. The molecule has 0 amide bonds. The molecular formula is C7H8N4OS. The van der Waals surface area contributed by atoms with Crippen molar-refractivity contribution in [3.05, 3.63) is 17.0 Å². The van der Waals surface area contributed by atoms with Crippen LogP contribution in [-0.4, -0.2) is 15.1 Å². The highest BCUT2D eigenvalue weighted by Gasteiger charge is 2.12. The molecule has 0 aliphatic carbocycles. The molecule has 0 aliphatic rings. The maximum atomic E-state index is 5.36. The highest BCUT2D eigenvalue weighted by Crippen LogP contribution is 2.24. The minimum atomic E-state index is 0.293. The molecule has 0 spiro atoms. The Balaban J connectivity index is 2.41. The third-order valence-corrected chi connectivity index (χ3v) is 2.51. The van der Waals surface area contributed by atoms with Crippen molar-refractivity contribution in [2.75, 3.05) is 0 Å². The number of hydrogen-bond donors (Lipinski definition) is 1. The fraction of sp³-hybridized carbons (Fsp3) is 0.286. The summed E-state index contributed by atoms with van der Waals surface area (Å²) < 4.78 is 5.01. The van der Waals surface area contributed by atoms with Crippen LogP contribution >= 0.6 is 11.3 Å². The van der Waals surface area contributed by atoms with Crippen molar-refractivity contribution in [1.29, 1.82) is 0 Å². The maximum Gasteiger partial charge on any atom is 0.269 e. The van der Waals surface area contributed by atoms with E-state index in [9.17, 15) is 0 Å². The molecular weight excluding hydrogens is 188 g/mol. The monoisotopic (exact) mass is 196 g/mol. The van der Waals surface area contributed by atoms with E-state index in [-0.39, 0.29) is 0 Å². The van der Waals surface area contributed by atoms with E-state index in [1.165, 1.54) is 11.3 Å². The average Bonchev–Trinajstić information content (AvgIpc) is 2.71.